The highest BCUT2D eigenvalue weighted by atomic mass is 16.5. The minimum absolute atomic E-state index is 0.716. The standard InChI is InChI=1S/C15H25NO2/c1-12(9-10-16-2)5-6-13-11-14(17-3)7-8-15(13)18-4/h7-8,11-12,16H,5-6,9-10H2,1-4H3. The van der Waals surface area contributed by atoms with Gasteiger partial charge in [-0.25, -0.2) is 0 Å². The SMILES string of the molecule is CNCCC(C)CCc1cc(OC)ccc1OC. The minimum Gasteiger partial charge on any atom is -0.497 e. The highest BCUT2D eigenvalue weighted by Gasteiger charge is 2.08. The van der Waals surface area contributed by atoms with Gasteiger partial charge in [-0.05, 0) is 62.5 Å². The second kappa shape index (κ2) is 7.98. The summed E-state index contributed by atoms with van der Waals surface area (Å²) in [5, 5.41) is 3.19. The summed E-state index contributed by atoms with van der Waals surface area (Å²) in [6.45, 7) is 3.38. The highest BCUT2D eigenvalue weighted by Crippen LogP contribution is 2.26. The van der Waals surface area contributed by atoms with Crippen molar-refractivity contribution in [3.8, 4) is 11.5 Å². The molecule has 0 aliphatic carbocycles. The molecular formula is C15H25NO2. The summed E-state index contributed by atoms with van der Waals surface area (Å²) in [7, 11) is 5.41. The minimum atomic E-state index is 0.716. The van der Waals surface area contributed by atoms with Crippen LogP contribution in [-0.4, -0.2) is 27.8 Å². The molecule has 0 aromatic heterocycles. The number of methoxy groups -OCH3 is 2. The second-order valence-electron chi connectivity index (χ2n) is 4.71. The number of aryl methyl sites for hydroxylation is 1. The maximum Gasteiger partial charge on any atom is 0.122 e. The fourth-order valence-corrected chi connectivity index (χ4v) is 2.01. The van der Waals surface area contributed by atoms with Crippen molar-refractivity contribution in [3.63, 3.8) is 0 Å². The van der Waals surface area contributed by atoms with E-state index >= 15 is 0 Å². The van der Waals surface area contributed by atoms with Crippen LogP contribution < -0.4 is 14.8 Å². The van der Waals surface area contributed by atoms with E-state index < -0.39 is 0 Å². The monoisotopic (exact) mass is 251 g/mol. The van der Waals surface area contributed by atoms with Crippen molar-refractivity contribution in [2.75, 3.05) is 27.8 Å². The molecule has 0 heterocycles. The molecule has 102 valence electrons. The van der Waals surface area contributed by atoms with Gasteiger partial charge in [-0.3, -0.25) is 0 Å². The molecule has 1 aromatic rings. The number of ether oxygens (including phenoxy) is 2. The molecule has 0 radical (unpaired) electrons. The zero-order chi connectivity index (χ0) is 13.4. The molecule has 0 bridgehead atoms. The van der Waals surface area contributed by atoms with Crippen molar-refractivity contribution in [2.45, 2.75) is 26.2 Å². The lowest BCUT2D eigenvalue weighted by Gasteiger charge is -2.14. The lowest BCUT2D eigenvalue weighted by Crippen LogP contribution is -2.12. The van der Waals surface area contributed by atoms with Gasteiger partial charge in [-0.2, -0.15) is 0 Å². The normalized spacial score (nSPS) is 12.2. The summed E-state index contributed by atoms with van der Waals surface area (Å²) in [5.74, 6) is 2.57. The Kier molecular flexibility index (Phi) is 6.58. The van der Waals surface area contributed by atoms with Gasteiger partial charge in [-0.15, -0.1) is 0 Å². The molecular weight excluding hydrogens is 226 g/mol. The van der Waals surface area contributed by atoms with Crippen LogP contribution in [0.25, 0.3) is 0 Å². The molecule has 0 fully saturated rings. The summed E-state index contributed by atoms with van der Waals surface area (Å²) in [6, 6.07) is 5.99. The van der Waals surface area contributed by atoms with Crippen molar-refractivity contribution in [1.82, 2.24) is 5.32 Å². The second-order valence-corrected chi connectivity index (χ2v) is 4.71. The van der Waals surface area contributed by atoms with E-state index in [1.165, 1.54) is 18.4 Å². The molecule has 0 amide bonds. The summed E-state index contributed by atoms with van der Waals surface area (Å²) in [5.41, 5.74) is 1.23. The van der Waals surface area contributed by atoms with Crippen LogP contribution >= 0.6 is 0 Å². The summed E-state index contributed by atoms with van der Waals surface area (Å²) < 4.78 is 10.7. The van der Waals surface area contributed by atoms with Gasteiger partial charge in [0.25, 0.3) is 0 Å². The quantitative estimate of drug-likeness (QED) is 0.770. The van der Waals surface area contributed by atoms with Crippen LogP contribution in [0.4, 0.5) is 0 Å². The zero-order valence-corrected chi connectivity index (χ0v) is 12.0. The van der Waals surface area contributed by atoms with Crippen molar-refractivity contribution < 1.29 is 9.47 Å². The van der Waals surface area contributed by atoms with Gasteiger partial charge < -0.3 is 14.8 Å². The predicted molar refractivity (Wildman–Crippen MR) is 75.6 cm³/mol. The number of rotatable bonds is 8. The van der Waals surface area contributed by atoms with Gasteiger partial charge in [0.2, 0.25) is 0 Å². The van der Waals surface area contributed by atoms with Gasteiger partial charge in [0.15, 0.2) is 0 Å². The van der Waals surface area contributed by atoms with E-state index in [9.17, 15) is 0 Å². The van der Waals surface area contributed by atoms with Gasteiger partial charge in [-0.1, -0.05) is 6.92 Å². The van der Waals surface area contributed by atoms with Crippen LogP contribution in [0.5, 0.6) is 11.5 Å². The topological polar surface area (TPSA) is 30.5 Å². The lowest BCUT2D eigenvalue weighted by atomic mass is 9.97. The van der Waals surface area contributed by atoms with E-state index in [2.05, 4.69) is 18.3 Å². The van der Waals surface area contributed by atoms with Crippen molar-refractivity contribution in [2.24, 2.45) is 5.92 Å². The summed E-state index contributed by atoms with van der Waals surface area (Å²) in [6.07, 6.45) is 3.42. The molecule has 1 unspecified atom stereocenters. The largest absolute Gasteiger partial charge is 0.497 e. The van der Waals surface area contributed by atoms with Gasteiger partial charge in [0, 0.05) is 0 Å². The fourth-order valence-electron chi connectivity index (χ4n) is 2.01. The first-order valence-corrected chi connectivity index (χ1v) is 6.56. The van der Waals surface area contributed by atoms with Crippen molar-refractivity contribution in [3.05, 3.63) is 23.8 Å². The third kappa shape index (κ3) is 4.57. The molecule has 18 heavy (non-hydrogen) atoms. The lowest BCUT2D eigenvalue weighted by molar-refractivity contribution is 0.395. The average Bonchev–Trinajstić information content (AvgIpc) is 2.42. The Bertz CT molecular complexity index is 352. The molecule has 1 rings (SSSR count). The smallest absolute Gasteiger partial charge is 0.122 e. The summed E-state index contributed by atoms with van der Waals surface area (Å²) in [4.78, 5) is 0. The molecule has 0 spiro atoms. The highest BCUT2D eigenvalue weighted by molar-refractivity contribution is 5.40. The number of nitrogens with one attached hydrogen (secondary N) is 1. The van der Waals surface area contributed by atoms with E-state index in [1.54, 1.807) is 14.2 Å². The molecule has 0 aliphatic rings. The van der Waals surface area contributed by atoms with E-state index in [0.29, 0.717) is 5.92 Å². The predicted octanol–water partition coefficient (Wildman–Crippen LogP) is 2.88. The molecule has 1 atom stereocenters. The zero-order valence-electron chi connectivity index (χ0n) is 12.0. The van der Waals surface area contributed by atoms with Crippen LogP contribution in [0.2, 0.25) is 0 Å². The Labute approximate surface area is 110 Å². The maximum atomic E-state index is 5.39. The maximum absolute atomic E-state index is 5.39. The molecule has 0 aliphatic heterocycles. The van der Waals surface area contributed by atoms with E-state index in [-0.39, 0.29) is 0 Å². The third-order valence-corrected chi connectivity index (χ3v) is 3.28. The van der Waals surface area contributed by atoms with Crippen LogP contribution in [0.3, 0.4) is 0 Å². The molecule has 1 aromatic carbocycles. The average molecular weight is 251 g/mol. The Morgan fingerprint density at radius 3 is 2.56 bits per heavy atom. The van der Waals surface area contributed by atoms with E-state index in [4.69, 9.17) is 9.47 Å². The molecule has 1 N–H and O–H groups in total. The van der Waals surface area contributed by atoms with E-state index in [0.717, 1.165) is 24.5 Å². The van der Waals surface area contributed by atoms with Crippen LogP contribution in [0.1, 0.15) is 25.3 Å². The first-order valence-electron chi connectivity index (χ1n) is 6.56. The molecule has 0 saturated carbocycles. The summed E-state index contributed by atoms with van der Waals surface area (Å²) >= 11 is 0. The first-order chi connectivity index (χ1) is 8.71. The molecule has 3 nitrogen and oxygen atoms in total. The van der Waals surface area contributed by atoms with Crippen LogP contribution in [0.15, 0.2) is 18.2 Å². The Morgan fingerprint density at radius 1 is 1.17 bits per heavy atom. The van der Waals surface area contributed by atoms with Crippen LogP contribution in [-0.2, 0) is 6.42 Å². The Hall–Kier alpha value is -1.22. The van der Waals surface area contributed by atoms with Gasteiger partial charge in [0.1, 0.15) is 11.5 Å². The number of hydrogen-bond acceptors (Lipinski definition) is 3. The molecule has 3 heteroatoms. The van der Waals surface area contributed by atoms with Gasteiger partial charge >= 0.3 is 0 Å². The molecule has 0 saturated heterocycles. The third-order valence-electron chi connectivity index (χ3n) is 3.28. The van der Waals surface area contributed by atoms with Gasteiger partial charge in [0.05, 0.1) is 14.2 Å². The fraction of sp³-hybridized carbons (Fsp3) is 0.600. The number of hydrogen-bond donors (Lipinski definition) is 1. The Balaban J connectivity index is 2.59. The number of benzene rings is 1. The van der Waals surface area contributed by atoms with Crippen LogP contribution in [0, 0.1) is 5.92 Å². The van der Waals surface area contributed by atoms with Crippen molar-refractivity contribution >= 4 is 0 Å². The van der Waals surface area contributed by atoms with Crippen molar-refractivity contribution in [1.29, 1.82) is 0 Å². The van der Waals surface area contributed by atoms with E-state index in [1.807, 2.05) is 19.2 Å². The Morgan fingerprint density at radius 2 is 1.94 bits per heavy atom. The first kappa shape index (κ1) is 14.8.